The molecule has 1 heterocycles. The number of ether oxygens (including phenoxy) is 3. The molecule has 3 aromatic rings. The summed E-state index contributed by atoms with van der Waals surface area (Å²) < 4.78 is 42.3. The van der Waals surface area contributed by atoms with E-state index < -0.39 is 16.0 Å². The Bertz CT molecular complexity index is 1080. The van der Waals surface area contributed by atoms with Crippen molar-refractivity contribution in [1.82, 2.24) is 0 Å². The topological polar surface area (TPSA) is 82.1 Å². The van der Waals surface area contributed by atoms with Crippen molar-refractivity contribution in [1.29, 1.82) is 0 Å². The highest BCUT2D eigenvalue weighted by atomic mass is 32.2. The van der Waals surface area contributed by atoms with Crippen molar-refractivity contribution in [3.8, 4) is 11.5 Å². The van der Waals surface area contributed by atoms with Crippen molar-refractivity contribution in [3.05, 3.63) is 71.6 Å². The van der Waals surface area contributed by atoms with Crippen molar-refractivity contribution < 1.29 is 27.4 Å². The Labute approximate surface area is 185 Å². The van der Waals surface area contributed by atoms with Crippen LogP contribution in [0.5, 0.6) is 11.5 Å². The molecular weight excluding hydrogens is 438 g/mol. The van der Waals surface area contributed by atoms with Crippen LogP contribution in [0.2, 0.25) is 0 Å². The second-order valence-corrected chi connectivity index (χ2v) is 9.65. The third-order valence-corrected chi connectivity index (χ3v) is 7.64. The van der Waals surface area contributed by atoms with Gasteiger partial charge >= 0.3 is 5.97 Å². The van der Waals surface area contributed by atoms with Crippen molar-refractivity contribution in [2.75, 3.05) is 31.7 Å². The summed E-state index contributed by atoms with van der Waals surface area (Å²) in [5.41, 5.74) is 1.52. The van der Waals surface area contributed by atoms with Crippen LogP contribution in [0.15, 0.2) is 70.3 Å². The number of esters is 1. The molecule has 7 nitrogen and oxygen atoms in total. The number of carbonyl (C=O) groups excluding carboxylic acids is 1. The molecule has 2 aromatic carbocycles. The van der Waals surface area contributed by atoms with Gasteiger partial charge in [-0.2, -0.15) is 0 Å². The molecule has 0 amide bonds. The minimum atomic E-state index is -3.59. The molecule has 0 N–H and O–H groups in total. The summed E-state index contributed by atoms with van der Waals surface area (Å²) >= 11 is 1.16. The molecular formula is C22H23NO6S2. The van der Waals surface area contributed by atoms with Crippen LogP contribution in [-0.2, 0) is 26.0 Å². The summed E-state index contributed by atoms with van der Waals surface area (Å²) in [6, 6.07) is 17.3. The third-order valence-electron chi connectivity index (χ3n) is 4.48. The van der Waals surface area contributed by atoms with Crippen molar-refractivity contribution >= 4 is 33.0 Å². The van der Waals surface area contributed by atoms with Crippen LogP contribution in [-0.4, -0.2) is 41.8 Å². The largest absolute Gasteiger partial charge is 0.497 e. The van der Waals surface area contributed by atoms with Crippen molar-refractivity contribution in [2.45, 2.75) is 10.6 Å². The maximum absolute atomic E-state index is 12.6. The Morgan fingerprint density at radius 3 is 2.29 bits per heavy atom. The predicted molar refractivity (Wildman–Crippen MR) is 120 cm³/mol. The molecule has 31 heavy (non-hydrogen) atoms. The van der Waals surface area contributed by atoms with E-state index in [1.165, 1.54) is 11.4 Å². The Kier molecular flexibility index (Phi) is 7.54. The SMILES string of the molecule is COc1ccc(CCOC(=O)COc2ccc(N(C)S(=O)(=O)c3cccs3)cc2)cc1. The van der Waals surface area contributed by atoms with E-state index in [4.69, 9.17) is 14.2 Å². The smallest absolute Gasteiger partial charge is 0.344 e. The highest BCUT2D eigenvalue weighted by Crippen LogP contribution is 2.26. The second-order valence-electron chi connectivity index (χ2n) is 6.51. The first kappa shape index (κ1) is 22.6. The molecule has 164 valence electrons. The zero-order chi connectivity index (χ0) is 22.3. The van der Waals surface area contributed by atoms with Crippen LogP contribution in [0.4, 0.5) is 5.69 Å². The number of nitrogens with zero attached hydrogens (tertiary/aromatic N) is 1. The minimum Gasteiger partial charge on any atom is -0.497 e. The molecule has 0 bridgehead atoms. The van der Waals surface area contributed by atoms with Crippen LogP contribution in [0, 0.1) is 0 Å². The van der Waals surface area contributed by atoms with E-state index >= 15 is 0 Å². The molecule has 0 spiro atoms. The summed E-state index contributed by atoms with van der Waals surface area (Å²) in [6.45, 7) is 0.0180. The molecule has 0 radical (unpaired) electrons. The quantitative estimate of drug-likeness (QED) is 0.428. The number of methoxy groups -OCH3 is 1. The van der Waals surface area contributed by atoms with Crippen LogP contribution in [0.25, 0.3) is 0 Å². The zero-order valence-corrected chi connectivity index (χ0v) is 18.8. The lowest BCUT2D eigenvalue weighted by Gasteiger charge is -2.18. The summed E-state index contributed by atoms with van der Waals surface area (Å²) in [5, 5.41) is 1.72. The summed E-state index contributed by atoms with van der Waals surface area (Å²) in [6.07, 6.45) is 0.593. The molecule has 3 rings (SSSR count). The number of sulfonamides is 1. The maximum atomic E-state index is 12.6. The van der Waals surface area contributed by atoms with E-state index in [9.17, 15) is 13.2 Å². The van der Waals surface area contributed by atoms with Gasteiger partial charge in [-0.3, -0.25) is 4.31 Å². The molecule has 0 saturated heterocycles. The van der Waals surface area contributed by atoms with Gasteiger partial charge < -0.3 is 14.2 Å². The van der Waals surface area contributed by atoms with Crippen LogP contribution < -0.4 is 13.8 Å². The average Bonchev–Trinajstić information content (AvgIpc) is 3.34. The van der Waals surface area contributed by atoms with Crippen molar-refractivity contribution in [2.24, 2.45) is 0 Å². The maximum Gasteiger partial charge on any atom is 0.344 e. The van der Waals surface area contributed by atoms with Gasteiger partial charge in [0.15, 0.2) is 6.61 Å². The second kappa shape index (κ2) is 10.3. The van der Waals surface area contributed by atoms with Crippen LogP contribution in [0.3, 0.4) is 0 Å². The van der Waals surface area contributed by atoms with Crippen molar-refractivity contribution in [3.63, 3.8) is 0 Å². The molecule has 0 aliphatic carbocycles. The monoisotopic (exact) mass is 461 g/mol. The first-order chi connectivity index (χ1) is 14.9. The first-order valence-electron chi connectivity index (χ1n) is 9.44. The van der Waals surface area contributed by atoms with Gasteiger partial charge in [-0.25, -0.2) is 13.2 Å². The lowest BCUT2D eigenvalue weighted by Crippen LogP contribution is -2.25. The summed E-state index contributed by atoms with van der Waals surface area (Å²) in [4.78, 5) is 11.9. The van der Waals surface area contributed by atoms with Crippen LogP contribution in [0.1, 0.15) is 5.56 Å². The van der Waals surface area contributed by atoms with E-state index in [2.05, 4.69) is 0 Å². The lowest BCUT2D eigenvalue weighted by molar-refractivity contribution is -0.145. The number of thiophene rings is 1. The zero-order valence-electron chi connectivity index (χ0n) is 17.2. The predicted octanol–water partition coefficient (Wildman–Crippen LogP) is 3.75. The van der Waals surface area contributed by atoms with E-state index in [0.717, 1.165) is 22.6 Å². The fraction of sp³-hybridized carbons (Fsp3) is 0.227. The molecule has 0 fully saturated rings. The van der Waals surface area contributed by atoms with Gasteiger partial charge in [0.1, 0.15) is 15.7 Å². The Balaban J connectivity index is 1.45. The molecule has 0 saturated carbocycles. The number of hydrogen-bond acceptors (Lipinski definition) is 7. The molecule has 0 unspecified atom stereocenters. The minimum absolute atomic E-state index is 0.231. The molecule has 1 aromatic heterocycles. The fourth-order valence-electron chi connectivity index (χ4n) is 2.70. The van der Waals surface area contributed by atoms with Gasteiger partial charge in [0.05, 0.1) is 19.4 Å². The van der Waals surface area contributed by atoms with E-state index in [-0.39, 0.29) is 17.4 Å². The van der Waals surface area contributed by atoms with Gasteiger partial charge in [-0.15, -0.1) is 11.3 Å². The standard InChI is InChI=1S/C22H23NO6S2/c1-23(31(25,26)22-4-3-15-30-22)18-7-11-20(12-8-18)29-16-21(24)28-14-13-17-5-9-19(27-2)10-6-17/h3-12,15H,13-14,16H2,1-2H3. The number of hydrogen-bond donors (Lipinski definition) is 0. The lowest BCUT2D eigenvalue weighted by atomic mass is 10.1. The Hall–Kier alpha value is -3.04. The molecule has 0 aliphatic heterocycles. The van der Waals surface area contributed by atoms with Gasteiger partial charge in [-0.1, -0.05) is 18.2 Å². The molecule has 0 aliphatic rings. The molecule has 9 heteroatoms. The third kappa shape index (κ3) is 5.99. The Morgan fingerprint density at radius 1 is 1.00 bits per heavy atom. The van der Waals surface area contributed by atoms with Gasteiger partial charge in [0.2, 0.25) is 0 Å². The summed E-state index contributed by atoms with van der Waals surface area (Å²) in [5.74, 6) is 0.739. The first-order valence-corrected chi connectivity index (χ1v) is 11.8. The number of carbonyl (C=O) groups is 1. The van der Waals surface area contributed by atoms with E-state index in [0.29, 0.717) is 17.9 Å². The van der Waals surface area contributed by atoms with E-state index in [1.54, 1.807) is 48.9 Å². The highest BCUT2D eigenvalue weighted by Gasteiger charge is 2.22. The van der Waals surface area contributed by atoms with Gasteiger partial charge in [0.25, 0.3) is 10.0 Å². The van der Waals surface area contributed by atoms with Gasteiger partial charge in [0, 0.05) is 13.5 Å². The normalized spacial score (nSPS) is 11.0. The summed E-state index contributed by atoms with van der Waals surface area (Å²) in [7, 11) is -0.497. The van der Waals surface area contributed by atoms with E-state index in [1.807, 2.05) is 24.3 Å². The average molecular weight is 462 g/mol. The van der Waals surface area contributed by atoms with Gasteiger partial charge in [-0.05, 0) is 53.4 Å². The fourth-order valence-corrected chi connectivity index (χ4v) is 5.05. The number of anilines is 1. The number of rotatable bonds is 10. The molecule has 0 atom stereocenters. The number of benzene rings is 2. The Morgan fingerprint density at radius 2 is 1.68 bits per heavy atom. The highest BCUT2D eigenvalue weighted by molar-refractivity contribution is 7.94. The van der Waals surface area contributed by atoms with Crippen LogP contribution >= 0.6 is 11.3 Å².